The zero-order chi connectivity index (χ0) is 15.1. The molecule has 2 rings (SSSR count). The van der Waals surface area contributed by atoms with Gasteiger partial charge in [-0.2, -0.15) is 5.26 Å². The van der Waals surface area contributed by atoms with Crippen LogP contribution >= 0.6 is 0 Å². The molecule has 1 aliphatic rings. The number of nitriles is 1. The Bertz CT molecular complexity index is 488. The van der Waals surface area contributed by atoms with Crippen LogP contribution < -0.4 is 14.8 Å². The minimum Gasteiger partial charge on any atom is -0.497 e. The van der Waals surface area contributed by atoms with E-state index in [2.05, 4.69) is 11.4 Å². The largest absolute Gasteiger partial charge is 0.497 e. The summed E-state index contributed by atoms with van der Waals surface area (Å²) in [6, 6.07) is 8.00. The molecule has 1 unspecified atom stereocenters. The molecule has 0 bridgehead atoms. The van der Waals surface area contributed by atoms with Gasteiger partial charge in [-0.3, -0.25) is 5.32 Å². The molecule has 1 aromatic rings. The molecule has 21 heavy (non-hydrogen) atoms. The van der Waals surface area contributed by atoms with Gasteiger partial charge >= 0.3 is 0 Å². The molecule has 1 aliphatic carbocycles. The number of benzene rings is 1. The molecule has 0 radical (unpaired) electrons. The van der Waals surface area contributed by atoms with Crippen molar-refractivity contribution in [1.29, 1.82) is 5.26 Å². The monoisotopic (exact) mass is 288 g/mol. The summed E-state index contributed by atoms with van der Waals surface area (Å²) in [6.07, 6.45) is 7.38. The lowest BCUT2D eigenvalue weighted by Gasteiger charge is -2.22. The molecule has 0 aliphatic heterocycles. The number of hydrogen-bond acceptors (Lipinski definition) is 4. The fraction of sp³-hybridized carbons (Fsp3) is 0.588. The Balaban J connectivity index is 2.17. The first-order valence-corrected chi connectivity index (χ1v) is 7.66. The van der Waals surface area contributed by atoms with Crippen LogP contribution in [0.15, 0.2) is 18.2 Å². The molecule has 4 nitrogen and oxygen atoms in total. The van der Waals surface area contributed by atoms with E-state index in [1.54, 1.807) is 14.2 Å². The minimum atomic E-state index is -0.363. The normalized spacial score (nSPS) is 17.6. The van der Waals surface area contributed by atoms with E-state index in [9.17, 15) is 5.26 Å². The molecule has 0 heterocycles. The van der Waals surface area contributed by atoms with Crippen molar-refractivity contribution in [2.75, 3.05) is 14.2 Å². The molecular weight excluding hydrogens is 264 g/mol. The average Bonchev–Trinajstić information content (AvgIpc) is 2.80. The van der Waals surface area contributed by atoms with Gasteiger partial charge < -0.3 is 9.47 Å². The third-order valence-corrected chi connectivity index (χ3v) is 4.13. The second-order valence-electron chi connectivity index (χ2n) is 5.53. The van der Waals surface area contributed by atoms with Crippen LogP contribution in [0.3, 0.4) is 0 Å². The van der Waals surface area contributed by atoms with Crippen LogP contribution in [-0.4, -0.2) is 20.3 Å². The van der Waals surface area contributed by atoms with Crippen LogP contribution in [0.2, 0.25) is 0 Å². The minimum absolute atomic E-state index is 0.363. The van der Waals surface area contributed by atoms with Crippen molar-refractivity contribution in [1.82, 2.24) is 5.32 Å². The quantitative estimate of drug-likeness (QED) is 0.841. The highest BCUT2D eigenvalue weighted by atomic mass is 16.5. The Labute approximate surface area is 127 Å². The third kappa shape index (κ3) is 4.12. The Morgan fingerprint density at radius 2 is 1.86 bits per heavy atom. The van der Waals surface area contributed by atoms with E-state index in [0.29, 0.717) is 6.04 Å². The maximum atomic E-state index is 9.56. The van der Waals surface area contributed by atoms with E-state index in [-0.39, 0.29) is 6.04 Å². The van der Waals surface area contributed by atoms with Gasteiger partial charge in [-0.05, 0) is 31.0 Å². The van der Waals surface area contributed by atoms with E-state index in [0.717, 1.165) is 29.9 Å². The van der Waals surface area contributed by atoms with E-state index >= 15 is 0 Å². The fourth-order valence-electron chi connectivity index (χ4n) is 2.94. The van der Waals surface area contributed by atoms with Crippen LogP contribution in [0.1, 0.15) is 50.1 Å². The summed E-state index contributed by atoms with van der Waals surface area (Å²) in [6.45, 7) is 0. The highest BCUT2D eigenvalue weighted by Crippen LogP contribution is 2.30. The first-order chi connectivity index (χ1) is 10.3. The van der Waals surface area contributed by atoms with Crippen molar-refractivity contribution in [3.63, 3.8) is 0 Å². The van der Waals surface area contributed by atoms with E-state index in [4.69, 9.17) is 9.47 Å². The van der Waals surface area contributed by atoms with Crippen LogP contribution in [-0.2, 0) is 0 Å². The highest BCUT2D eigenvalue weighted by molar-refractivity contribution is 5.44. The summed E-state index contributed by atoms with van der Waals surface area (Å²) >= 11 is 0. The fourth-order valence-corrected chi connectivity index (χ4v) is 2.94. The number of ether oxygens (including phenoxy) is 2. The molecule has 0 saturated heterocycles. The van der Waals surface area contributed by atoms with Crippen molar-refractivity contribution < 1.29 is 9.47 Å². The predicted molar refractivity (Wildman–Crippen MR) is 82.5 cm³/mol. The zero-order valence-electron chi connectivity index (χ0n) is 12.9. The standard InChI is InChI=1S/C17H24N2O2/c1-20-14-9-10-17(21-2)15(11-14)16(12-18)19-13-7-5-3-4-6-8-13/h9-11,13,16,19H,3-8H2,1-2H3. The highest BCUT2D eigenvalue weighted by Gasteiger charge is 2.21. The molecular formula is C17H24N2O2. The van der Waals surface area contributed by atoms with Crippen LogP contribution in [0, 0.1) is 11.3 Å². The van der Waals surface area contributed by atoms with Crippen LogP contribution in [0.25, 0.3) is 0 Å². The van der Waals surface area contributed by atoms with Crippen LogP contribution in [0.5, 0.6) is 11.5 Å². The van der Waals surface area contributed by atoms with Gasteiger partial charge in [0.2, 0.25) is 0 Å². The van der Waals surface area contributed by atoms with Crippen molar-refractivity contribution in [3.05, 3.63) is 23.8 Å². The molecule has 1 atom stereocenters. The van der Waals surface area contributed by atoms with Gasteiger partial charge in [0.15, 0.2) is 0 Å². The lowest BCUT2D eigenvalue weighted by Crippen LogP contribution is -2.32. The number of hydrogen-bond donors (Lipinski definition) is 1. The van der Waals surface area contributed by atoms with Gasteiger partial charge in [0.25, 0.3) is 0 Å². The Hall–Kier alpha value is -1.73. The summed E-state index contributed by atoms with van der Waals surface area (Å²) in [5.41, 5.74) is 0.851. The Kier molecular flexibility index (Phi) is 5.89. The maximum Gasteiger partial charge on any atom is 0.125 e. The second-order valence-corrected chi connectivity index (χ2v) is 5.53. The van der Waals surface area contributed by atoms with E-state index in [1.165, 1.54) is 25.7 Å². The van der Waals surface area contributed by atoms with Gasteiger partial charge in [0.05, 0.1) is 20.3 Å². The molecule has 0 amide bonds. The first kappa shape index (κ1) is 15.7. The average molecular weight is 288 g/mol. The zero-order valence-corrected chi connectivity index (χ0v) is 12.9. The number of methoxy groups -OCH3 is 2. The predicted octanol–water partition coefficient (Wildman–Crippen LogP) is 3.58. The van der Waals surface area contributed by atoms with Crippen molar-refractivity contribution in [3.8, 4) is 17.6 Å². The summed E-state index contributed by atoms with van der Waals surface area (Å²) in [5.74, 6) is 1.47. The topological polar surface area (TPSA) is 54.3 Å². The Morgan fingerprint density at radius 3 is 2.43 bits per heavy atom. The first-order valence-electron chi connectivity index (χ1n) is 7.66. The maximum absolute atomic E-state index is 9.56. The van der Waals surface area contributed by atoms with Crippen molar-refractivity contribution in [2.24, 2.45) is 0 Å². The summed E-state index contributed by atoms with van der Waals surface area (Å²) in [4.78, 5) is 0. The van der Waals surface area contributed by atoms with Gasteiger partial charge in [0, 0.05) is 11.6 Å². The molecule has 0 spiro atoms. The van der Waals surface area contributed by atoms with Crippen molar-refractivity contribution >= 4 is 0 Å². The second kappa shape index (κ2) is 7.90. The van der Waals surface area contributed by atoms with E-state index < -0.39 is 0 Å². The lowest BCUT2D eigenvalue weighted by molar-refractivity contribution is 0.385. The number of rotatable bonds is 5. The molecule has 114 valence electrons. The summed E-state index contributed by atoms with van der Waals surface area (Å²) < 4.78 is 10.7. The Morgan fingerprint density at radius 1 is 1.14 bits per heavy atom. The van der Waals surface area contributed by atoms with Crippen molar-refractivity contribution in [2.45, 2.75) is 50.6 Å². The van der Waals surface area contributed by atoms with Gasteiger partial charge in [-0.1, -0.05) is 25.7 Å². The van der Waals surface area contributed by atoms with Gasteiger partial charge in [0.1, 0.15) is 17.5 Å². The molecule has 1 saturated carbocycles. The molecule has 4 heteroatoms. The number of nitrogens with one attached hydrogen (secondary N) is 1. The van der Waals surface area contributed by atoms with E-state index in [1.807, 2.05) is 18.2 Å². The summed E-state index contributed by atoms with van der Waals surface area (Å²) in [7, 11) is 3.26. The molecule has 1 N–H and O–H groups in total. The van der Waals surface area contributed by atoms with Crippen LogP contribution in [0.4, 0.5) is 0 Å². The third-order valence-electron chi connectivity index (χ3n) is 4.13. The molecule has 1 aromatic carbocycles. The smallest absolute Gasteiger partial charge is 0.125 e. The molecule has 0 aromatic heterocycles. The summed E-state index contributed by atoms with van der Waals surface area (Å²) in [5, 5.41) is 13.0. The lowest BCUT2D eigenvalue weighted by atomic mass is 10.0. The molecule has 1 fully saturated rings. The SMILES string of the molecule is COc1ccc(OC)c(C(C#N)NC2CCCCCC2)c1. The van der Waals surface area contributed by atoms with Gasteiger partial charge in [-0.15, -0.1) is 0 Å². The van der Waals surface area contributed by atoms with Gasteiger partial charge in [-0.25, -0.2) is 0 Å². The number of nitrogens with zero attached hydrogens (tertiary/aromatic N) is 1.